The molecule has 186 valence electrons. The van der Waals surface area contributed by atoms with E-state index in [0.717, 1.165) is 6.26 Å². The molecule has 12 heteroatoms. The number of hydrogen-bond donors (Lipinski definition) is 4. The van der Waals surface area contributed by atoms with E-state index in [4.69, 9.17) is 19.3 Å². The second-order valence-corrected chi connectivity index (χ2v) is 10.1. The summed E-state index contributed by atoms with van der Waals surface area (Å²) in [4.78, 5) is 23.8. The zero-order valence-corrected chi connectivity index (χ0v) is 19.1. The van der Waals surface area contributed by atoms with E-state index < -0.39 is 52.5 Å². The van der Waals surface area contributed by atoms with Crippen molar-refractivity contribution in [2.45, 2.75) is 35.6 Å². The number of carboxylic acids is 1. The number of carbonyl (C=O) groups is 2. The average Bonchev–Trinajstić information content (AvgIpc) is 3.20. The summed E-state index contributed by atoms with van der Waals surface area (Å²) in [5, 5.41) is 38.9. The summed E-state index contributed by atoms with van der Waals surface area (Å²) in [5.74, 6) is -1.96. The number of aliphatic hydroxyl groups is 3. The first kappa shape index (κ1) is 24.8. The van der Waals surface area contributed by atoms with Gasteiger partial charge in [-0.1, -0.05) is 24.3 Å². The maximum atomic E-state index is 12.4. The number of aliphatic carboxylic acids is 1. The zero-order chi connectivity index (χ0) is 25.5. The first-order valence-corrected chi connectivity index (χ1v) is 12.3. The van der Waals surface area contributed by atoms with E-state index in [0.29, 0.717) is 16.7 Å². The first-order valence-electron chi connectivity index (χ1n) is 10.4. The molecule has 2 aliphatic rings. The van der Waals surface area contributed by atoms with Gasteiger partial charge >= 0.3 is 11.9 Å². The molecule has 5 unspecified atom stereocenters. The van der Waals surface area contributed by atoms with Crippen molar-refractivity contribution in [3.63, 3.8) is 0 Å². The Morgan fingerprint density at radius 3 is 2.11 bits per heavy atom. The van der Waals surface area contributed by atoms with Crippen LogP contribution in [0.5, 0.6) is 5.75 Å². The third-order valence-corrected chi connectivity index (χ3v) is 6.82. The van der Waals surface area contributed by atoms with Crippen molar-refractivity contribution in [2.24, 2.45) is 0 Å². The van der Waals surface area contributed by atoms with Gasteiger partial charge in [0.1, 0.15) is 30.7 Å². The number of carboxylic acid groups (broad SMARTS) is 1. The van der Waals surface area contributed by atoms with Crippen molar-refractivity contribution in [3.8, 4) is 5.75 Å². The van der Waals surface area contributed by atoms with E-state index in [1.807, 2.05) is 0 Å². The summed E-state index contributed by atoms with van der Waals surface area (Å²) >= 11 is 0. The van der Waals surface area contributed by atoms with Crippen molar-refractivity contribution in [1.82, 2.24) is 0 Å². The summed E-state index contributed by atoms with van der Waals surface area (Å²) in [6, 6.07) is 12.0. The second kappa shape index (κ2) is 9.40. The molecule has 0 spiro atoms. The van der Waals surface area contributed by atoms with Crippen LogP contribution in [0.3, 0.4) is 0 Å². The van der Waals surface area contributed by atoms with Crippen LogP contribution in [0.15, 0.2) is 53.4 Å². The number of aliphatic hydroxyl groups excluding tert-OH is 3. The van der Waals surface area contributed by atoms with Gasteiger partial charge in [0.15, 0.2) is 15.9 Å². The van der Waals surface area contributed by atoms with Crippen LogP contribution in [-0.2, 0) is 28.9 Å². The van der Waals surface area contributed by atoms with Crippen LogP contribution in [0, 0.1) is 0 Å². The van der Waals surface area contributed by atoms with Crippen molar-refractivity contribution >= 4 is 32.9 Å². The van der Waals surface area contributed by atoms with E-state index in [1.54, 1.807) is 12.1 Å². The Hall–Kier alpha value is -3.29. The number of ether oxygens (including phenoxy) is 3. The maximum Gasteiger partial charge on any atom is 0.339 e. The van der Waals surface area contributed by atoms with Gasteiger partial charge in [0.25, 0.3) is 0 Å². The van der Waals surface area contributed by atoms with Gasteiger partial charge in [0.05, 0.1) is 10.5 Å². The van der Waals surface area contributed by atoms with Crippen LogP contribution in [-0.4, -0.2) is 84.4 Å². The van der Waals surface area contributed by atoms with Gasteiger partial charge in [0, 0.05) is 11.8 Å². The Morgan fingerprint density at radius 1 is 0.943 bits per heavy atom. The van der Waals surface area contributed by atoms with Crippen LogP contribution in [0.25, 0.3) is 11.1 Å². The molecule has 2 aromatic rings. The Kier molecular flexibility index (Phi) is 6.66. The standard InChI is InChI=1S/C23H22O11S/c1-35(30,31)14-8-4-11(5-9-14)15-10-32-22(29)16(15)12-2-6-13(7-3-12)33-23-19(26)17(24)18(25)20(34-23)21(27)28/h2-9,17-20,23-26H,10H2,1H3,(H,27,28). The van der Waals surface area contributed by atoms with Crippen LogP contribution >= 0.6 is 0 Å². The number of hydrogen-bond acceptors (Lipinski definition) is 10. The van der Waals surface area contributed by atoms with E-state index in [1.165, 1.54) is 36.4 Å². The fourth-order valence-corrected chi connectivity index (χ4v) is 4.44. The molecule has 0 aliphatic carbocycles. The number of benzene rings is 2. The molecule has 1 saturated heterocycles. The third-order valence-electron chi connectivity index (χ3n) is 5.69. The monoisotopic (exact) mass is 506 g/mol. The van der Waals surface area contributed by atoms with Crippen molar-refractivity contribution in [2.75, 3.05) is 12.9 Å². The van der Waals surface area contributed by atoms with Gasteiger partial charge < -0.3 is 34.6 Å². The van der Waals surface area contributed by atoms with Crippen LogP contribution in [0.4, 0.5) is 0 Å². The molecule has 0 radical (unpaired) electrons. The molecule has 4 rings (SSSR count). The average molecular weight is 506 g/mol. The molecule has 1 fully saturated rings. The molecule has 4 N–H and O–H groups in total. The molecule has 2 heterocycles. The van der Waals surface area contributed by atoms with Gasteiger partial charge in [-0.05, 0) is 35.4 Å². The number of esters is 1. The summed E-state index contributed by atoms with van der Waals surface area (Å²) < 4.78 is 39.2. The fourth-order valence-electron chi connectivity index (χ4n) is 3.81. The lowest BCUT2D eigenvalue weighted by molar-refractivity contribution is -0.271. The lowest BCUT2D eigenvalue weighted by Gasteiger charge is -2.38. The Bertz CT molecular complexity index is 1270. The molecular weight excluding hydrogens is 484 g/mol. The Balaban J connectivity index is 1.57. The number of cyclic esters (lactones) is 1. The van der Waals surface area contributed by atoms with Gasteiger partial charge in [-0.3, -0.25) is 0 Å². The minimum Gasteiger partial charge on any atom is -0.479 e. The smallest absolute Gasteiger partial charge is 0.339 e. The highest BCUT2D eigenvalue weighted by atomic mass is 32.2. The molecule has 0 aromatic heterocycles. The minimum atomic E-state index is -3.37. The fraction of sp³-hybridized carbons (Fsp3) is 0.304. The molecule has 35 heavy (non-hydrogen) atoms. The molecule has 0 saturated carbocycles. The molecular formula is C23H22O11S. The summed E-state index contributed by atoms with van der Waals surface area (Å²) in [6.45, 7) is 0.00351. The lowest BCUT2D eigenvalue weighted by Crippen LogP contribution is -2.61. The predicted octanol–water partition coefficient (Wildman–Crippen LogP) is -0.171. The number of rotatable bonds is 6. The van der Waals surface area contributed by atoms with Gasteiger partial charge in [-0.15, -0.1) is 0 Å². The first-order chi connectivity index (χ1) is 16.5. The molecule has 11 nitrogen and oxygen atoms in total. The van der Waals surface area contributed by atoms with Crippen molar-refractivity contribution in [1.29, 1.82) is 0 Å². The Morgan fingerprint density at radius 2 is 1.54 bits per heavy atom. The highest BCUT2D eigenvalue weighted by Crippen LogP contribution is 2.34. The third kappa shape index (κ3) is 4.92. The highest BCUT2D eigenvalue weighted by molar-refractivity contribution is 7.90. The van der Waals surface area contributed by atoms with E-state index in [9.17, 15) is 33.3 Å². The van der Waals surface area contributed by atoms with Gasteiger partial charge in [0.2, 0.25) is 6.29 Å². The largest absolute Gasteiger partial charge is 0.479 e. The SMILES string of the molecule is CS(=O)(=O)c1ccc(C2=C(c3ccc(OC4OC(C(=O)O)C(O)C(O)C4O)cc3)C(=O)OC2)cc1. The van der Waals surface area contributed by atoms with Gasteiger partial charge in [-0.2, -0.15) is 0 Å². The molecule has 2 aliphatic heterocycles. The molecule has 2 aromatic carbocycles. The second-order valence-electron chi connectivity index (χ2n) is 8.10. The zero-order valence-electron chi connectivity index (χ0n) is 18.3. The van der Waals surface area contributed by atoms with E-state index >= 15 is 0 Å². The quantitative estimate of drug-likeness (QED) is 0.383. The lowest BCUT2D eigenvalue weighted by atomic mass is 9.96. The summed E-state index contributed by atoms with van der Waals surface area (Å²) in [6.07, 6.45) is -7.62. The van der Waals surface area contributed by atoms with Crippen LogP contribution in [0.2, 0.25) is 0 Å². The minimum absolute atomic E-state index is 0.00351. The number of sulfone groups is 1. The number of carbonyl (C=O) groups excluding carboxylic acids is 1. The predicted molar refractivity (Wildman–Crippen MR) is 119 cm³/mol. The van der Waals surface area contributed by atoms with Gasteiger partial charge in [-0.25, -0.2) is 18.0 Å². The maximum absolute atomic E-state index is 12.4. The topological polar surface area (TPSA) is 177 Å². The highest BCUT2D eigenvalue weighted by Gasteiger charge is 2.48. The van der Waals surface area contributed by atoms with Crippen molar-refractivity contribution < 1.29 is 52.6 Å². The Labute approximate surface area is 199 Å². The van der Waals surface area contributed by atoms with E-state index in [-0.39, 0.29) is 22.8 Å². The molecule has 0 bridgehead atoms. The normalized spacial score (nSPS) is 27.0. The van der Waals surface area contributed by atoms with Crippen LogP contribution < -0.4 is 4.74 Å². The van der Waals surface area contributed by atoms with Crippen LogP contribution in [0.1, 0.15) is 11.1 Å². The molecule has 0 amide bonds. The summed E-state index contributed by atoms with van der Waals surface area (Å²) in [5.41, 5.74) is 1.94. The molecule has 5 atom stereocenters. The van der Waals surface area contributed by atoms with Crippen molar-refractivity contribution in [3.05, 3.63) is 59.7 Å². The summed E-state index contributed by atoms with van der Waals surface area (Å²) in [7, 11) is -3.37. The van der Waals surface area contributed by atoms with E-state index in [2.05, 4.69) is 0 Å².